The van der Waals surface area contributed by atoms with Crippen molar-refractivity contribution in [2.45, 2.75) is 63.5 Å². The number of allylic oxidation sites excluding steroid dienone is 2. The summed E-state index contributed by atoms with van der Waals surface area (Å²) in [4.78, 5) is 1.04. The van der Waals surface area contributed by atoms with E-state index in [2.05, 4.69) is 43.0 Å². The molecule has 5 nitrogen and oxygen atoms in total. The van der Waals surface area contributed by atoms with Crippen molar-refractivity contribution in [3.8, 4) is 0 Å². The van der Waals surface area contributed by atoms with Crippen molar-refractivity contribution in [2.24, 2.45) is 0 Å². The van der Waals surface area contributed by atoms with Gasteiger partial charge in [-0.15, -0.1) is 11.8 Å². The van der Waals surface area contributed by atoms with E-state index in [1.807, 2.05) is 68.4 Å². The van der Waals surface area contributed by atoms with E-state index < -0.39 is 6.29 Å². The van der Waals surface area contributed by atoms with Crippen molar-refractivity contribution in [2.75, 3.05) is 6.61 Å². The molecule has 0 unspecified atom stereocenters. The monoisotopic (exact) mass is 544 g/mol. The van der Waals surface area contributed by atoms with Crippen LogP contribution in [0.3, 0.4) is 0 Å². The molecule has 0 radical (unpaired) electrons. The Morgan fingerprint density at radius 3 is 1.82 bits per heavy atom. The summed E-state index contributed by atoms with van der Waals surface area (Å²) in [6.45, 7) is 9.89. The van der Waals surface area contributed by atoms with Gasteiger partial charge in [0.15, 0.2) is 0 Å². The maximum Gasteiger partial charge on any atom is 0.214 e. The van der Waals surface area contributed by atoms with Gasteiger partial charge >= 0.3 is 0 Å². The van der Waals surface area contributed by atoms with Crippen LogP contribution in [0.25, 0.3) is 0 Å². The van der Waals surface area contributed by atoms with Gasteiger partial charge in [0.2, 0.25) is 6.29 Å². The highest BCUT2D eigenvalue weighted by molar-refractivity contribution is 8.04. The largest absolute Gasteiger partial charge is 0.467 e. The average molecular weight is 545 g/mol. The van der Waals surface area contributed by atoms with E-state index in [9.17, 15) is 0 Å². The van der Waals surface area contributed by atoms with Gasteiger partial charge < -0.3 is 23.7 Å². The molecule has 2 aliphatic rings. The summed E-state index contributed by atoms with van der Waals surface area (Å²) in [5, 5.41) is -0.129. The molecule has 204 valence electrons. The van der Waals surface area contributed by atoms with E-state index in [0.29, 0.717) is 26.4 Å². The molecule has 6 heteroatoms. The predicted octanol–water partition coefficient (Wildman–Crippen LogP) is 7.04. The summed E-state index contributed by atoms with van der Waals surface area (Å²) < 4.78 is 32.4. The van der Waals surface area contributed by atoms with Crippen LogP contribution in [0.4, 0.5) is 0 Å². The lowest BCUT2D eigenvalue weighted by Crippen LogP contribution is -2.60. The lowest BCUT2D eigenvalue weighted by atomic mass is 10.00. The second kappa shape index (κ2) is 13.5. The zero-order valence-corrected chi connectivity index (χ0v) is 23.3. The second-order valence-electron chi connectivity index (χ2n) is 9.93. The first-order valence-corrected chi connectivity index (χ1v) is 14.2. The van der Waals surface area contributed by atoms with Crippen LogP contribution in [0.15, 0.2) is 114 Å². The van der Waals surface area contributed by atoms with Crippen molar-refractivity contribution in [1.29, 1.82) is 0 Å². The molecule has 0 aliphatic carbocycles. The molecular weight excluding hydrogens is 508 g/mol. The lowest BCUT2D eigenvalue weighted by Gasteiger charge is -2.48. The molecule has 0 spiro atoms. The fourth-order valence-electron chi connectivity index (χ4n) is 4.87. The van der Waals surface area contributed by atoms with Gasteiger partial charge in [0, 0.05) is 4.91 Å². The van der Waals surface area contributed by atoms with Crippen LogP contribution in [0.5, 0.6) is 0 Å². The van der Waals surface area contributed by atoms with Crippen LogP contribution in [0, 0.1) is 0 Å². The molecule has 2 aliphatic heterocycles. The number of hydrogen-bond donors (Lipinski definition) is 0. The normalized spacial score (nSPS) is 24.6. The summed E-state index contributed by atoms with van der Waals surface area (Å²) in [5.74, 6) is 0.822. The standard InChI is InChI=1S/C33H36O5S/c1-23(2)31-24(3)37-33-32(39-31)30(36-21-27-17-11-6-12-18-27)29(35-20-26-15-9-5-10-16-26)28(38-33)22-34-19-25-13-7-4-8-14-25/h4-18,28-30,32-33H,1,19-22H2,2-3H3/t28-,29+,30+,32-,33+/m1/s1. The lowest BCUT2D eigenvalue weighted by molar-refractivity contribution is -0.266. The Bertz CT molecular complexity index is 1230. The zero-order valence-electron chi connectivity index (χ0n) is 22.5. The van der Waals surface area contributed by atoms with Gasteiger partial charge in [-0.2, -0.15) is 0 Å². The molecule has 3 aromatic rings. The zero-order chi connectivity index (χ0) is 27.0. The Balaban J connectivity index is 1.40. The molecule has 39 heavy (non-hydrogen) atoms. The number of benzene rings is 3. The molecule has 5 atom stereocenters. The summed E-state index contributed by atoms with van der Waals surface area (Å²) >= 11 is 1.71. The maximum atomic E-state index is 6.68. The molecule has 0 N–H and O–H groups in total. The number of rotatable bonds is 11. The van der Waals surface area contributed by atoms with Gasteiger partial charge in [-0.1, -0.05) is 97.6 Å². The SMILES string of the molecule is C=C(C)C1=C(C)O[C@H]2O[C@H](COCc3ccccc3)[C@H](OCc3ccccc3)[C@H](OCc3ccccc3)[C@H]2S1. The number of fused-ring (bicyclic) bond motifs is 1. The third kappa shape index (κ3) is 7.21. The van der Waals surface area contributed by atoms with E-state index in [4.69, 9.17) is 23.7 Å². The third-order valence-electron chi connectivity index (χ3n) is 6.81. The molecule has 0 amide bonds. The Kier molecular flexibility index (Phi) is 9.56. The van der Waals surface area contributed by atoms with Crippen molar-refractivity contribution in [1.82, 2.24) is 0 Å². The van der Waals surface area contributed by atoms with E-state index >= 15 is 0 Å². The van der Waals surface area contributed by atoms with Crippen LogP contribution in [-0.2, 0) is 43.5 Å². The highest BCUT2D eigenvalue weighted by atomic mass is 32.2. The van der Waals surface area contributed by atoms with Gasteiger partial charge in [0.05, 0.1) is 26.4 Å². The van der Waals surface area contributed by atoms with Crippen LogP contribution >= 0.6 is 11.8 Å². The quantitative estimate of drug-likeness (QED) is 0.258. The molecule has 3 aromatic carbocycles. The van der Waals surface area contributed by atoms with Gasteiger partial charge in [-0.05, 0) is 36.1 Å². The fraction of sp³-hybridized carbons (Fsp3) is 0.333. The van der Waals surface area contributed by atoms with Crippen molar-refractivity contribution < 1.29 is 23.7 Å². The minimum atomic E-state index is -0.485. The highest BCUT2D eigenvalue weighted by Gasteiger charge is 2.51. The first-order chi connectivity index (χ1) is 19.1. The van der Waals surface area contributed by atoms with Gasteiger partial charge in [0.25, 0.3) is 0 Å². The molecule has 5 rings (SSSR count). The molecular formula is C33H36O5S. The predicted molar refractivity (Wildman–Crippen MR) is 155 cm³/mol. The van der Waals surface area contributed by atoms with E-state index in [1.54, 1.807) is 11.8 Å². The minimum absolute atomic E-state index is 0.129. The van der Waals surface area contributed by atoms with Crippen LogP contribution in [0.2, 0.25) is 0 Å². The number of thioether (sulfide) groups is 1. The van der Waals surface area contributed by atoms with E-state index in [0.717, 1.165) is 32.9 Å². The third-order valence-corrected chi connectivity index (χ3v) is 8.44. The molecule has 0 bridgehead atoms. The van der Waals surface area contributed by atoms with Crippen molar-refractivity contribution in [3.05, 3.63) is 131 Å². The molecule has 2 heterocycles. The van der Waals surface area contributed by atoms with Crippen LogP contribution in [0.1, 0.15) is 30.5 Å². The fourth-order valence-corrected chi connectivity index (χ4v) is 6.16. The topological polar surface area (TPSA) is 46.2 Å². The molecule has 0 saturated carbocycles. The minimum Gasteiger partial charge on any atom is -0.467 e. The summed E-state index contributed by atoms with van der Waals surface area (Å²) in [5.41, 5.74) is 4.27. The van der Waals surface area contributed by atoms with E-state index in [1.165, 1.54) is 0 Å². The molecule has 0 aromatic heterocycles. The van der Waals surface area contributed by atoms with Gasteiger partial charge in [0.1, 0.15) is 29.3 Å². The summed E-state index contributed by atoms with van der Waals surface area (Å²) in [7, 11) is 0. The van der Waals surface area contributed by atoms with Crippen molar-refractivity contribution >= 4 is 11.8 Å². The van der Waals surface area contributed by atoms with Gasteiger partial charge in [-0.3, -0.25) is 0 Å². The summed E-state index contributed by atoms with van der Waals surface area (Å²) in [6, 6.07) is 30.5. The smallest absolute Gasteiger partial charge is 0.214 e. The first kappa shape index (κ1) is 27.7. The van der Waals surface area contributed by atoms with Crippen LogP contribution in [-0.4, -0.2) is 36.5 Å². The highest BCUT2D eigenvalue weighted by Crippen LogP contribution is 2.45. The average Bonchev–Trinajstić information content (AvgIpc) is 2.96. The maximum absolute atomic E-state index is 6.68. The Morgan fingerprint density at radius 2 is 1.28 bits per heavy atom. The van der Waals surface area contributed by atoms with E-state index in [-0.39, 0.29) is 23.6 Å². The van der Waals surface area contributed by atoms with Crippen molar-refractivity contribution in [3.63, 3.8) is 0 Å². The number of hydrogen-bond acceptors (Lipinski definition) is 6. The first-order valence-electron chi connectivity index (χ1n) is 13.4. The second-order valence-corrected chi connectivity index (χ2v) is 11.1. The Morgan fingerprint density at radius 1 is 0.769 bits per heavy atom. The molecule has 1 saturated heterocycles. The number of ether oxygens (including phenoxy) is 5. The van der Waals surface area contributed by atoms with Gasteiger partial charge in [-0.25, -0.2) is 0 Å². The van der Waals surface area contributed by atoms with Crippen LogP contribution < -0.4 is 0 Å². The molecule has 1 fully saturated rings. The summed E-state index contributed by atoms with van der Waals surface area (Å²) in [6.07, 6.45) is -1.53. The Hall–Kier alpha value is -2.87. The Labute approximate surface area is 235 Å².